The van der Waals surface area contributed by atoms with Crippen LogP contribution < -0.4 is 0 Å². The first-order valence-corrected chi connectivity index (χ1v) is 6.36. The third-order valence-corrected chi connectivity index (χ3v) is 3.57. The minimum atomic E-state index is -4.14. The molecule has 7 heteroatoms. The molecule has 2 heterocycles. The predicted molar refractivity (Wildman–Crippen MR) is 65.7 cm³/mol. The molecule has 1 aliphatic heterocycles. The van der Waals surface area contributed by atoms with Crippen LogP contribution in [0, 0.1) is 5.92 Å². The standard InChI is InChI=1S/C13H15F3N2O2/c14-13(15,16)10-1-3-18(4-2-10)7-12(20)9-5-11(8-19)17-6-9/h5-6,8,10,17H,1-4,7H2. The molecular formula is C13H15F3N2O2. The van der Waals surface area contributed by atoms with E-state index >= 15 is 0 Å². The predicted octanol–water partition coefficient (Wildman–Crippen LogP) is 2.28. The molecule has 0 amide bonds. The Morgan fingerprint density at radius 1 is 1.40 bits per heavy atom. The molecule has 1 saturated heterocycles. The number of alkyl halides is 3. The molecule has 110 valence electrons. The van der Waals surface area contributed by atoms with Crippen LogP contribution in [0.5, 0.6) is 0 Å². The topological polar surface area (TPSA) is 53.2 Å². The van der Waals surface area contributed by atoms with Gasteiger partial charge in [0, 0.05) is 11.8 Å². The molecule has 2 rings (SSSR count). The SMILES string of the molecule is O=Cc1cc(C(=O)CN2CCC(C(F)(F)F)CC2)c[nH]1. The molecule has 0 radical (unpaired) electrons. The second-order valence-electron chi connectivity index (χ2n) is 4.98. The molecule has 1 aromatic rings. The van der Waals surface area contributed by atoms with Gasteiger partial charge in [0.1, 0.15) is 0 Å². The van der Waals surface area contributed by atoms with E-state index in [9.17, 15) is 22.8 Å². The number of piperidine rings is 1. The van der Waals surface area contributed by atoms with Gasteiger partial charge >= 0.3 is 6.18 Å². The van der Waals surface area contributed by atoms with E-state index in [0.717, 1.165) is 0 Å². The van der Waals surface area contributed by atoms with Crippen LogP contribution in [0.15, 0.2) is 12.3 Å². The number of aromatic amines is 1. The maximum Gasteiger partial charge on any atom is 0.391 e. The summed E-state index contributed by atoms with van der Waals surface area (Å²) in [7, 11) is 0. The van der Waals surface area contributed by atoms with Crippen LogP contribution in [0.2, 0.25) is 0 Å². The van der Waals surface area contributed by atoms with Gasteiger partial charge in [0.2, 0.25) is 0 Å². The van der Waals surface area contributed by atoms with Crippen molar-refractivity contribution in [1.29, 1.82) is 0 Å². The number of hydrogen-bond acceptors (Lipinski definition) is 3. The van der Waals surface area contributed by atoms with Crippen molar-refractivity contribution in [2.45, 2.75) is 19.0 Å². The minimum Gasteiger partial charge on any atom is -0.358 e. The van der Waals surface area contributed by atoms with E-state index < -0.39 is 12.1 Å². The number of carbonyl (C=O) groups is 2. The number of aldehydes is 1. The Morgan fingerprint density at radius 3 is 2.55 bits per heavy atom. The zero-order chi connectivity index (χ0) is 14.8. The lowest BCUT2D eigenvalue weighted by Crippen LogP contribution is -2.41. The van der Waals surface area contributed by atoms with E-state index in [1.54, 1.807) is 4.90 Å². The van der Waals surface area contributed by atoms with Crippen LogP contribution in [0.25, 0.3) is 0 Å². The van der Waals surface area contributed by atoms with Crippen LogP contribution in [0.4, 0.5) is 13.2 Å². The molecule has 20 heavy (non-hydrogen) atoms. The summed E-state index contributed by atoms with van der Waals surface area (Å²) in [5.41, 5.74) is 0.689. The number of halogens is 3. The summed E-state index contributed by atoms with van der Waals surface area (Å²) in [6.07, 6.45) is -2.04. The zero-order valence-electron chi connectivity index (χ0n) is 10.7. The number of ketones is 1. The molecule has 0 saturated carbocycles. The Hall–Kier alpha value is -1.63. The normalized spacial score (nSPS) is 18.1. The van der Waals surface area contributed by atoms with E-state index in [0.29, 0.717) is 17.5 Å². The molecule has 0 bridgehead atoms. The van der Waals surface area contributed by atoms with Crippen molar-refractivity contribution in [3.8, 4) is 0 Å². The number of likely N-dealkylation sites (tertiary alicyclic amines) is 1. The van der Waals surface area contributed by atoms with Crippen molar-refractivity contribution in [3.05, 3.63) is 23.5 Å². The molecule has 4 nitrogen and oxygen atoms in total. The highest BCUT2D eigenvalue weighted by atomic mass is 19.4. The Labute approximate surface area is 113 Å². The number of nitrogens with zero attached hydrogens (tertiary/aromatic N) is 1. The third-order valence-electron chi connectivity index (χ3n) is 3.57. The van der Waals surface area contributed by atoms with Crippen molar-refractivity contribution >= 4 is 12.1 Å². The lowest BCUT2D eigenvalue weighted by molar-refractivity contribution is -0.184. The molecule has 1 aromatic heterocycles. The summed E-state index contributed by atoms with van der Waals surface area (Å²) in [6, 6.07) is 1.44. The third kappa shape index (κ3) is 3.47. The molecule has 0 spiro atoms. The maximum atomic E-state index is 12.5. The highest BCUT2D eigenvalue weighted by molar-refractivity contribution is 5.98. The van der Waals surface area contributed by atoms with Gasteiger partial charge in [0.05, 0.1) is 18.2 Å². The number of rotatable bonds is 4. The van der Waals surface area contributed by atoms with Crippen molar-refractivity contribution in [2.75, 3.05) is 19.6 Å². The first-order valence-electron chi connectivity index (χ1n) is 6.36. The number of hydrogen-bond donors (Lipinski definition) is 1. The van der Waals surface area contributed by atoms with Gasteiger partial charge in [-0.15, -0.1) is 0 Å². The van der Waals surface area contributed by atoms with Crippen LogP contribution in [0.1, 0.15) is 33.7 Å². The van der Waals surface area contributed by atoms with E-state index in [1.807, 2.05) is 0 Å². The van der Waals surface area contributed by atoms with E-state index in [-0.39, 0.29) is 38.3 Å². The highest BCUT2D eigenvalue weighted by Crippen LogP contribution is 2.34. The van der Waals surface area contributed by atoms with Crippen LogP contribution in [-0.4, -0.2) is 47.8 Å². The lowest BCUT2D eigenvalue weighted by atomic mass is 9.96. The highest BCUT2D eigenvalue weighted by Gasteiger charge is 2.41. The van der Waals surface area contributed by atoms with Crippen molar-refractivity contribution < 1.29 is 22.8 Å². The average Bonchev–Trinajstić information content (AvgIpc) is 2.87. The molecule has 1 N–H and O–H groups in total. The number of nitrogens with one attached hydrogen (secondary N) is 1. The maximum absolute atomic E-state index is 12.5. The van der Waals surface area contributed by atoms with Gasteiger partial charge in [-0.2, -0.15) is 13.2 Å². The van der Waals surface area contributed by atoms with Crippen molar-refractivity contribution in [3.63, 3.8) is 0 Å². The Kier molecular flexibility index (Phi) is 4.27. The van der Waals surface area contributed by atoms with Crippen LogP contribution in [0.3, 0.4) is 0 Å². The lowest BCUT2D eigenvalue weighted by Gasteiger charge is -2.32. The summed E-state index contributed by atoms with van der Waals surface area (Å²) < 4.78 is 37.5. The van der Waals surface area contributed by atoms with Gasteiger partial charge < -0.3 is 4.98 Å². The summed E-state index contributed by atoms with van der Waals surface area (Å²) in [4.78, 5) is 26.8. The summed E-state index contributed by atoms with van der Waals surface area (Å²) in [5, 5.41) is 0. The van der Waals surface area contributed by atoms with Crippen molar-refractivity contribution in [2.24, 2.45) is 5.92 Å². The Morgan fingerprint density at radius 2 is 2.05 bits per heavy atom. The van der Waals surface area contributed by atoms with Crippen molar-refractivity contribution in [1.82, 2.24) is 9.88 Å². The summed E-state index contributed by atoms with van der Waals surface area (Å²) in [5.74, 6) is -1.46. The van der Waals surface area contributed by atoms with E-state index in [4.69, 9.17) is 0 Å². The van der Waals surface area contributed by atoms with Gasteiger partial charge in [-0.25, -0.2) is 0 Å². The number of carbonyl (C=O) groups excluding carboxylic acids is 2. The number of aromatic nitrogens is 1. The fourth-order valence-corrected chi connectivity index (χ4v) is 2.35. The van der Waals surface area contributed by atoms with Crippen LogP contribution in [-0.2, 0) is 0 Å². The summed E-state index contributed by atoms with van der Waals surface area (Å²) >= 11 is 0. The van der Waals surface area contributed by atoms with Gasteiger partial charge in [-0.05, 0) is 32.0 Å². The summed E-state index contributed by atoms with van der Waals surface area (Å²) in [6.45, 7) is 0.614. The molecule has 0 aromatic carbocycles. The molecule has 0 unspecified atom stereocenters. The van der Waals surface area contributed by atoms with Crippen LogP contribution >= 0.6 is 0 Å². The monoisotopic (exact) mass is 288 g/mol. The largest absolute Gasteiger partial charge is 0.391 e. The Bertz CT molecular complexity index is 488. The molecule has 1 fully saturated rings. The van der Waals surface area contributed by atoms with Gasteiger partial charge in [0.25, 0.3) is 0 Å². The number of Topliss-reactive ketones (excluding diaryl/α,β-unsaturated/α-hetero) is 1. The molecule has 0 atom stereocenters. The Balaban J connectivity index is 1.86. The minimum absolute atomic E-state index is 0.0313. The molecular weight excluding hydrogens is 273 g/mol. The van der Waals surface area contributed by atoms with Gasteiger partial charge in [0.15, 0.2) is 12.1 Å². The first-order chi connectivity index (χ1) is 9.40. The molecule has 0 aliphatic carbocycles. The zero-order valence-corrected chi connectivity index (χ0v) is 10.7. The van der Waals surface area contributed by atoms with Gasteiger partial charge in [-0.3, -0.25) is 14.5 Å². The van der Waals surface area contributed by atoms with Gasteiger partial charge in [-0.1, -0.05) is 0 Å². The number of H-pyrrole nitrogens is 1. The van der Waals surface area contributed by atoms with E-state index in [2.05, 4.69) is 4.98 Å². The second-order valence-corrected chi connectivity index (χ2v) is 4.98. The quantitative estimate of drug-likeness (QED) is 0.683. The first kappa shape index (κ1) is 14.8. The smallest absolute Gasteiger partial charge is 0.358 e. The second kappa shape index (κ2) is 5.78. The molecule has 1 aliphatic rings. The fraction of sp³-hybridized carbons (Fsp3) is 0.538. The average molecular weight is 288 g/mol. The van der Waals surface area contributed by atoms with E-state index in [1.165, 1.54) is 12.3 Å². The fourth-order valence-electron chi connectivity index (χ4n) is 2.35.